The number of benzene rings is 2. The first-order valence-electron chi connectivity index (χ1n) is 9.36. The predicted octanol–water partition coefficient (Wildman–Crippen LogP) is 2.91. The van der Waals surface area contributed by atoms with Crippen LogP contribution in [0.2, 0.25) is 5.02 Å². The van der Waals surface area contributed by atoms with Gasteiger partial charge in [-0.05, 0) is 48.4 Å². The molecule has 0 amide bonds. The van der Waals surface area contributed by atoms with Crippen molar-refractivity contribution in [3.05, 3.63) is 59.1 Å². The Bertz CT molecular complexity index is 886. The van der Waals surface area contributed by atoms with Crippen LogP contribution >= 0.6 is 11.6 Å². The molecule has 2 aromatic rings. The summed E-state index contributed by atoms with van der Waals surface area (Å²) in [6.07, 6.45) is 2.10. The zero-order valence-corrected chi connectivity index (χ0v) is 17.5. The van der Waals surface area contributed by atoms with E-state index in [1.807, 2.05) is 18.2 Å². The fourth-order valence-corrected chi connectivity index (χ4v) is 4.42. The maximum Gasteiger partial charge on any atom is 0.175 e. The first-order valence-corrected chi connectivity index (χ1v) is 11.6. The summed E-state index contributed by atoms with van der Waals surface area (Å²) in [5, 5.41) is 10.5. The van der Waals surface area contributed by atoms with Crippen LogP contribution in [-0.4, -0.2) is 57.5 Å². The summed E-state index contributed by atoms with van der Waals surface area (Å²) in [4.78, 5) is 2.63. The van der Waals surface area contributed by atoms with Crippen molar-refractivity contribution in [1.29, 1.82) is 0 Å². The lowest BCUT2D eigenvalue weighted by molar-refractivity contribution is 0.162. The summed E-state index contributed by atoms with van der Waals surface area (Å²) >= 11 is 6.05. The van der Waals surface area contributed by atoms with E-state index in [1.165, 1.54) is 11.8 Å². The predicted molar refractivity (Wildman–Crippen MR) is 111 cm³/mol. The van der Waals surface area contributed by atoms with Crippen molar-refractivity contribution in [3.8, 4) is 5.75 Å². The third-order valence-electron chi connectivity index (χ3n) is 5.21. The molecule has 0 spiro atoms. The molecular formula is C21H26ClNO4S. The van der Waals surface area contributed by atoms with Gasteiger partial charge in [-0.1, -0.05) is 23.7 Å². The molecule has 1 fully saturated rings. The van der Waals surface area contributed by atoms with Crippen molar-refractivity contribution in [2.24, 2.45) is 11.8 Å². The molecule has 3 rings (SSSR count). The molecule has 0 bridgehead atoms. The second kappa shape index (κ2) is 9.27. The zero-order valence-electron chi connectivity index (χ0n) is 15.9. The number of halogens is 1. The maximum atomic E-state index is 11.5. The number of likely N-dealkylation sites (tertiary alicyclic amines) is 1. The van der Waals surface area contributed by atoms with Gasteiger partial charge in [-0.3, -0.25) is 0 Å². The van der Waals surface area contributed by atoms with Gasteiger partial charge < -0.3 is 14.7 Å². The van der Waals surface area contributed by atoms with Gasteiger partial charge in [0.05, 0.1) is 11.5 Å². The summed E-state index contributed by atoms with van der Waals surface area (Å²) in [6.45, 7) is 3.26. The number of sulfone groups is 1. The van der Waals surface area contributed by atoms with Crippen LogP contribution in [0.15, 0.2) is 53.4 Å². The van der Waals surface area contributed by atoms with E-state index in [1.54, 1.807) is 24.3 Å². The van der Waals surface area contributed by atoms with Crippen molar-refractivity contribution in [1.82, 2.24) is 4.90 Å². The quantitative estimate of drug-likeness (QED) is 0.707. The number of aliphatic hydroxyl groups is 1. The lowest BCUT2D eigenvalue weighted by atomic mass is 9.98. The van der Waals surface area contributed by atoms with Gasteiger partial charge in [0, 0.05) is 49.4 Å². The molecular weight excluding hydrogens is 398 g/mol. The maximum absolute atomic E-state index is 11.5. The molecule has 0 unspecified atom stereocenters. The SMILES string of the molecule is CS(=O)(=O)c1ccc(OC[C@@H]2CN(CCc3cccc(Cl)c3)C[C@H]2CO)cc1. The molecule has 1 heterocycles. The van der Waals surface area contributed by atoms with E-state index in [0.29, 0.717) is 12.4 Å². The number of ether oxygens (including phenoxy) is 1. The third kappa shape index (κ3) is 5.70. The van der Waals surface area contributed by atoms with Crippen LogP contribution < -0.4 is 4.74 Å². The molecule has 0 radical (unpaired) electrons. The monoisotopic (exact) mass is 423 g/mol. The lowest BCUT2D eigenvalue weighted by Gasteiger charge is -2.17. The molecule has 1 aliphatic rings. The van der Waals surface area contributed by atoms with Crippen LogP contribution in [0, 0.1) is 11.8 Å². The molecule has 2 aromatic carbocycles. The second-order valence-electron chi connectivity index (χ2n) is 7.40. The van der Waals surface area contributed by atoms with Gasteiger partial charge in [-0.15, -0.1) is 0 Å². The lowest BCUT2D eigenvalue weighted by Crippen LogP contribution is -2.24. The topological polar surface area (TPSA) is 66.8 Å². The molecule has 0 saturated carbocycles. The minimum absolute atomic E-state index is 0.134. The van der Waals surface area contributed by atoms with Crippen LogP contribution in [0.5, 0.6) is 5.75 Å². The molecule has 1 aliphatic heterocycles. The average Bonchev–Trinajstić information content (AvgIpc) is 3.07. The zero-order chi connectivity index (χ0) is 20.1. The number of aliphatic hydroxyl groups excluding tert-OH is 1. The van der Waals surface area contributed by atoms with Gasteiger partial charge in [-0.25, -0.2) is 8.42 Å². The molecule has 28 heavy (non-hydrogen) atoms. The fraction of sp³-hybridized carbons (Fsp3) is 0.429. The van der Waals surface area contributed by atoms with E-state index in [-0.39, 0.29) is 23.3 Å². The summed E-state index contributed by atoms with van der Waals surface area (Å²) in [5.74, 6) is 1.05. The highest BCUT2D eigenvalue weighted by molar-refractivity contribution is 7.90. The van der Waals surface area contributed by atoms with E-state index in [2.05, 4.69) is 11.0 Å². The minimum atomic E-state index is -3.21. The van der Waals surface area contributed by atoms with E-state index in [4.69, 9.17) is 16.3 Å². The third-order valence-corrected chi connectivity index (χ3v) is 6.57. The van der Waals surface area contributed by atoms with Crippen LogP contribution in [0.1, 0.15) is 5.56 Å². The van der Waals surface area contributed by atoms with Crippen LogP contribution in [0.4, 0.5) is 0 Å². The summed E-state index contributed by atoms with van der Waals surface area (Å²) in [6, 6.07) is 14.4. The summed E-state index contributed by atoms with van der Waals surface area (Å²) in [5.41, 5.74) is 1.21. The Morgan fingerprint density at radius 3 is 2.50 bits per heavy atom. The first-order chi connectivity index (χ1) is 13.3. The van der Waals surface area contributed by atoms with Crippen molar-refractivity contribution >= 4 is 21.4 Å². The molecule has 2 atom stereocenters. The molecule has 1 saturated heterocycles. The Morgan fingerprint density at radius 2 is 1.86 bits per heavy atom. The van der Waals surface area contributed by atoms with E-state index in [9.17, 15) is 13.5 Å². The Hall–Kier alpha value is -1.60. The van der Waals surface area contributed by atoms with Gasteiger partial charge >= 0.3 is 0 Å². The summed E-state index contributed by atoms with van der Waals surface area (Å²) in [7, 11) is -3.21. The molecule has 0 aliphatic carbocycles. The van der Waals surface area contributed by atoms with E-state index in [0.717, 1.165) is 31.1 Å². The van der Waals surface area contributed by atoms with Gasteiger partial charge in [0.15, 0.2) is 9.84 Å². The van der Waals surface area contributed by atoms with E-state index < -0.39 is 9.84 Å². The highest BCUT2D eigenvalue weighted by Crippen LogP contribution is 2.25. The Kier molecular flexibility index (Phi) is 6.99. The Balaban J connectivity index is 1.52. The number of hydrogen-bond acceptors (Lipinski definition) is 5. The second-order valence-corrected chi connectivity index (χ2v) is 9.85. The number of nitrogens with zero attached hydrogens (tertiary/aromatic N) is 1. The van der Waals surface area contributed by atoms with Crippen molar-refractivity contribution in [2.75, 3.05) is 39.1 Å². The Labute approximate surface area is 171 Å². The van der Waals surface area contributed by atoms with Crippen LogP contribution in [0.25, 0.3) is 0 Å². The number of hydrogen-bond donors (Lipinski definition) is 1. The molecule has 1 N–H and O–H groups in total. The highest BCUT2D eigenvalue weighted by atomic mass is 35.5. The van der Waals surface area contributed by atoms with Crippen LogP contribution in [-0.2, 0) is 16.3 Å². The molecule has 5 nitrogen and oxygen atoms in total. The minimum Gasteiger partial charge on any atom is -0.493 e. The fourth-order valence-electron chi connectivity index (χ4n) is 3.58. The Morgan fingerprint density at radius 1 is 1.14 bits per heavy atom. The smallest absolute Gasteiger partial charge is 0.175 e. The van der Waals surface area contributed by atoms with Gasteiger partial charge in [0.2, 0.25) is 0 Å². The van der Waals surface area contributed by atoms with Gasteiger partial charge in [-0.2, -0.15) is 0 Å². The summed E-state index contributed by atoms with van der Waals surface area (Å²) < 4.78 is 28.9. The molecule has 0 aromatic heterocycles. The number of rotatable bonds is 8. The average molecular weight is 424 g/mol. The largest absolute Gasteiger partial charge is 0.493 e. The van der Waals surface area contributed by atoms with Crippen molar-refractivity contribution in [3.63, 3.8) is 0 Å². The van der Waals surface area contributed by atoms with E-state index >= 15 is 0 Å². The van der Waals surface area contributed by atoms with Crippen molar-refractivity contribution < 1.29 is 18.3 Å². The van der Waals surface area contributed by atoms with Crippen LogP contribution in [0.3, 0.4) is 0 Å². The molecule has 152 valence electrons. The van der Waals surface area contributed by atoms with Gasteiger partial charge in [0.1, 0.15) is 5.75 Å². The van der Waals surface area contributed by atoms with Gasteiger partial charge in [0.25, 0.3) is 0 Å². The highest BCUT2D eigenvalue weighted by Gasteiger charge is 2.32. The first kappa shape index (κ1) is 21.1. The molecule has 7 heteroatoms. The standard InChI is InChI=1S/C21H26ClNO4S/c1-28(25,26)21-7-5-20(6-8-21)27-15-18-13-23(12-17(18)14-24)10-9-16-3-2-4-19(22)11-16/h2-8,11,17-18,24H,9-10,12-15H2,1H3/t17-,18-/m0/s1. The normalized spacial score (nSPS) is 20.4. The van der Waals surface area contributed by atoms with Crippen molar-refractivity contribution in [2.45, 2.75) is 11.3 Å².